The Bertz CT molecular complexity index is 1080. The standard InChI is InChI=1S/C30H44N4O3S/c1-20-5-7-22(8-6-20)28(35)34(24-11-9-23(10-12-24)33-18-17-31-32-33)25-19-26(38-27(25)29(36)37-4)21-13-15-30(2,3)16-14-21/h17-24H,5-16H2,1-4H3/t20-,22-,23-,24-. The van der Waals surface area contributed by atoms with E-state index in [0.29, 0.717) is 28.2 Å². The zero-order valence-electron chi connectivity index (χ0n) is 23.5. The molecule has 8 heteroatoms. The largest absolute Gasteiger partial charge is 0.465 e. The van der Waals surface area contributed by atoms with Gasteiger partial charge in [-0.3, -0.25) is 4.79 Å². The van der Waals surface area contributed by atoms with Crippen LogP contribution in [-0.2, 0) is 9.53 Å². The summed E-state index contributed by atoms with van der Waals surface area (Å²) < 4.78 is 7.22. The van der Waals surface area contributed by atoms with Crippen LogP contribution in [0.5, 0.6) is 0 Å². The summed E-state index contributed by atoms with van der Waals surface area (Å²) in [7, 11) is 1.45. The van der Waals surface area contributed by atoms with Gasteiger partial charge >= 0.3 is 5.97 Å². The smallest absolute Gasteiger partial charge is 0.350 e. The number of nitrogens with zero attached hydrogens (tertiary/aromatic N) is 4. The van der Waals surface area contributed by atoms with Crippen molar-refractivity contribution in [2.75, 3.05) is 12.0 Å². The summed E-state index contributed by atoms with van der Waals surface area (Å²) in [6.07, 6.45) is 16.0. The fourth-order valence-electron chi connectivity index (χ4n) is 6.89. The van der Waals surface area contributed by atoms with E-state index in [1.54, 1.807) is 17.5 Å². The van der Waals surface area contributed by atoms with E-state index in [0.717, 1.165) is 69.9 Å². The van der Waals surface area contributed by atoms with Gasteiger partial charge in [-0.15, -0.1) is 16.4 Å². The Kier molecular flexibility index (Phi) is 8.27. The summed E-state index contributed by atoms with van der Waals surface area (Å²) >= 11 is 1.56. The molecule has 1 amide bonds. The van der Waals surface area contributed by atoms with E-state index in [1.165, 1.54) is 24.8 Å². The maximum atomic E-state index is 14.3. The van der Waals surface area contributed by atoms with Crippen molar-refractivity contribution in [2.45, 2.75) is 116 Å². The molecule has 38 heavy (non-hydrogen) atoms. The highest BCUT2D eigenvalue weighted by atomic mass is 32.1. The number of aromatic nitrogens is 3. The van der Waals surface area contributed by atoms with Gasteiger partial charge in [0.15, 0.2) is 0 Å². The molecule has 7 nitrogen and oxygen atoms in total. The highest BCUT2D eigenvalue weighted by molar-refractivity contribution is 7.14. The molecule has 2 heterocycles. The molecule has 3 aliphatic carbocycles. The summed E-state index contributed by atoms with van der Waals surface area (Å²) in [4.78, 5) is 31.3. The Hall–Kier alpha value is -2.22. The van der Waals surface area contributed by atoms with Gasteiger partial charge in [0.2, 0.25) is 5.91 Å². The Balaban J connectivity index is 1.45. The molecular formula is C30H44N4O3S. The lowest BCUT2D eigenvalue weighted by molar-refractivity contribution is -0.124. The van der Waals surface area contributed by atoms with E-state index in [9.17, 15) is 9.59 Å². The first-order chi connectivity index (χ1) is 18.3. The Morgan fingerprint density at radius 1 is 1.03 bits per heavy atom. The van der Waals surface area contributed by atoms with E-state index in [1.807, 2.05) is 10.9 Å². The molecule has 0 radical (unpaired) electrons. The molecule has 0 unspecified atom stereocenters. The number of esters is 1. The van der Waals surface area contributed by atoms with Crippen LogP contribution in [0.4, 0.5) is 5.69 Å². The predicted octanol–water partition coefficient (Wildman–Crippen LogP) is 7.15. The molecule has 5 rings (SSSR count). The number of hydrogen-bond acceptors (Lipinski definition) is 6. The molecule has 2 aromatic heterocycles. The number of hydrogen-bond donors (Lipinski definition) is 0. The molecule has 0 spiro atoms. The monoisotopic (exact) mass is 540 g/mol. The first-order valence-corrected chi connectivity index (χ1v) is 15.5. The van der Waals surface area contributed by atoms with Crippen molar-refractivity contribution in [3.8, 4) is 0 Å². The van der Waals surface area contributed by atoms with Crippen LogP contribution in [0, 0.1) is 17.3 Å². The quantitative estimate of drug-likeness (QED) is 0.364. The lowest BCUT2D eigenvalue weighted by Gasteiger charge is -2.39. The van der Waals surface area contributed by atoms with Crippen LogP contribution < -0.4 is 4.90 Å². The van der Waals surface area contributed by atoms with Gasteiger partial charge in [0.05, 0.1) is 25.0 Å². The van der Waals surface area contributed by atoms with Crippen molar-refractivity contribution >= 4 is 28.9 Å². The van der Waals surface area contributed by atoms with Crippen molar-refractivity contribution in [3.63, 3.8) is 0 Å². The molecule has 0 atom stereocenters. The maximum absolute atomic E-state index is 14.3. The molecule has 3 aliphatic rings. The number of carbonyl (C=O) groups excluding carboxylic acids is 2. The molecule has 0 aromatic carbocycles. The molecular weight excluding hydrogens is 496 g/mol. The molecule has 0 aliphatic heterocycles. The second-order valence-electron chi connectivity index (χ2n) is 12.8. The lowest BCUT2D eigenvalue weighted by Crippen LogP contribution is -2.46. The third-order valence-corrected chi connectivity index (χ3v) is 10.8. The zero-order valence-corrected chi connectivity index (χ0v) is 24.3. The van der Waals surface area contributed by atoms with E-state index >= 15 is 0 Å². The second-order valence-corrected chi connectivity index (χ2v) is 13.9. The third-order valence-electron chi connectivity index (χ3n) is 9.55. The first kappa shape index (κ1) is 27.4. The summed E-state index contributed by atoms with van der Waals surface area (Å²) in [5, 5.41) is 8.21. The van der Waals surface area contributed by atoms with Crippen LogP contribution >= 0.6 is 11.3 Å². The van der Waals surface area contributed by atoms with Crippen molar-refractivity contribution in [1.82, 2.24) is 15.0 Å². The van der Waals surface area contributed by atoms with Crippen LogP contribution in [0.25, 0.3) is 0 Å². The molecule has 0 bridgehead atoms. The minimum atomic E-state index is -0.321. The normalized spacial score (nSPS) is 28.1. The Morgan fingerprint density at radius 2 is 1.71 bits per heavy atom. The summed E-state index contributed by atoms with van der Waals surface area (Å²) in [5.41, 5.74) is 1.18. The second kappa shape index (κ2) is 11.5. The topological polar surface area (TPSA) is 77.3 Å². The average molecular weight is 541 g/mol. The number of ether oxygens (including phenoxy) is 1. The Labute approximate surface area is 231 Å². The van der Waals surface area contributed by atoms with Gasteiger partial charge in [0, 0.05) is 23.0 Å². The van der Waals surface area contributed by atoms with Crippen LogP contribution in [0.1, 0.15) is 124 Å². The fraction of sp³-hybridized carbons (Fsp3) is 0.733. The molecule has 3 fully saturated rings. The van der Waals surface area contributed by atoms with Gasteiger partial charge in [-0.2, -0.15) is 0 Å². The predicted molar refractivity (Wildman–Crippen MR) is 151 cm³/mol. The van der Waals surface area contributed by atoms with Crippen molar-refractivity contribution in [3.05, 3.63) is 28.2 Å². The zero-order chi connectivity index (χ0) is 26.9. The number of amides is 1. The SMILES string of the molecule is COC(=O)c1sc(C2CCC(C)(C)CC2)cc1N(C(=O)[C@H]1CC[C@H](C)CC1)[C@H]1CC[C@H](n2ccnn2)CC1. The van der Waals surface area contributed by atoms with E-state index in [4.69, 9.17) is 4.74 Å². The van der Waals surface area contributed by atoms with Gasteiger partial charge in [-0.05, 0) is 100 Å². The van der Waals surface area contributed by atoms with Crippen molar-refractivity contribution in [1.29, 1.82) is 0 Å². The van der Waals surface area contributed by atoms with E-state index in [2.05, 4.69) is 42.0 Å². The van der Waals surface area contributed by atoms with Crippen molar-refractivity contribution < 1.29 is 14.3 Å². The summed E-state index contributed by atoms with van der Waals surface area (Å²) in [6.45, 7) is 6.99. The molecule has 0 saturated heterocycles. The Morgan fingerprint density at radius 3 is 2.32 bits per heavy atom. The van der Waals surface area contributed by atoms with E-state index in [-0.39, 0.29) is 23.8 Å². The van der Waals surface area contributed by atoms with Crippen LogP contribution in [0.2, 0.25) is 0 Å². The van der Waals surface area contributed by atoms with Crippen LogP contribution in [0.3, 0.4) is 0 Å². The number of anilines is 1. The number of methoxy groups -OCH3 is 1. The fourth-order valence-corrected chi connectivity index (χ4v) is 8.13. The highest BCUT2D eigenvalue weighted by Crippen LogP contribution is 2.47. The minimum absolute atomic E-state index is 0.0311. The number of carbonyl (C=O) groups is 2. The van der Waals surface area contributed by atoms with Crippen molar-refractivity contribution in [2.24, 2.45) is 17.3 Å². The molecule has 3 saturated carbocycles. The highest BCUT2D eigenvalue weighted by Gasteiger charge is 2.39. The van der Waals surface area contributed by atoms with Gasteiger partial charge in [-0.1, -0.05) is 26.0 Å². The molecule has 0 N–H and O–H groups in total. The summed E-state index contributed by atoms with van der Waals surface area (Å²) in [5.74, 6) is 1.04. The number of rotatable bonds is 6. The van der Waals surface area contributed by atoms with Gasteiger partial charge in [-0.25, -0.2) is 9.48 Å². The molecule has 208 valence electrons. The number of thiophene rings is 1. The van der Waals surface area contributed by atoms with Gasteiger partial charge in [0.1, 0.15) is 4.88 Å². The third kappa shape index (κ3) is 5.85. The van der Waals surface area contributed by atoms with Crippen LogP contribution in [0.15, 0.2) is 18.5 Å². The summed E-state index contributed by atoms with van der Waals surface area (Å²) in [6, 6.07) is 2.58. The molecule has 2 aromatic rings. The maximum Gasteiger partial charge on any atom is 0.350 e. The lowest BCUT2D eigenvalue weighted by atomic mass is 9.73. The van der Waals surface area contributed by atoms with Gasteiger partial charge < -0.3 is 9.64 Å². The van der Waals surface area contributed by atoms with Gasteiger partial charge in [0.25, 0.3) is 0 Å². The minimum Gasteiger partial charge on any atom is -0.465 e. The van der Waals surface area contributed by atoms with E-state index < -0.39 is 0 Å². The average Bonchev–Trinajstić information content (AvgIpc) is 3.60. The first-order valence-electron chi connectivity index (χ1n) is 14.7. The van der Waals surface area contributed by atoms with Crippen LogP contribution in [-0.4, -0.2) is 40.0 Å².